The van der Waals surface area contributed by atoms with Crippen LogP contribution < -0.4 is 21.5 Å². The standard InChI is InChI=1S/C17H16FN5O4S/c18-13-3-1-2-4-14(13)20-17(28)22-21-15(24)9-10-19-16(25)11-5-7-12(8-6-11)23(26)27/h1-8H,9-10H2,(H,19,25)(H,21,24)(H2,20,22,28). The molecule has 11 heteroatoms. The van der Waals surface area contributed by atoms with E-state index in [-0.39, 0.29) is 35.0 Å². The van der Waals surface area contributed by atoms with Crippen LogP contribution in [0.4, 0.5) is 15.8 Å². The third-order valence-corrected chi connectivity index (χ3v) is 3.62. The van der Waals surface area contributed by atoms with Gasteiger partial charge in [-0.05, 0) is 36.5 Å². The first-order chi connectivity index (χ1) is 13.4. The molecule has 0 unspecified atom stereocenters. The first kappa shape index (κ1) is 20.7. The molecule has 0 aromatic heterocycles. The van der Waals surface area contributed by atoms with E-state index in [0.717, 1.165) is 0 Å². The number of nitrogens with one attached hydrogen (secondary N) is 4. The number of hydrazine groups is 1. The van der Waals surface area contributed by atoms with Crippen LogP contribution in [-0.4, -0.2) is 28.4 Å². The zero-order valence-electron chi connectivity index (χ0n) is 14.4. The quantitative estimate of drug-likeness (QED) is 0.328. The minimum absolute atomic E-state index is 0.00614. The number of carbonyl (C=O) groups is 2. The molecular formula is C17H16FN5O4S. The molecule has 146 valence electrons. The average Bonchev–Trinajstić information content (AvgIpc) is 2.68. The molecular weight excluding hydrogens is 389 g/mol. The highest BCUT2D eigenvalue weighted by molar-refractivity contribution is 7.80. The van der Waals surface area contributed by atoms with E-state index >= 15 is 0 Å². The molecule has 0 spiro atoms. The second kappa shape index (κ2) is 9.92. The number of para-hydroxylation sites is 1. The lowest BCUT2D eigenvalue weighted by Gasteiger charge is -2.12. The van der Waals surface area contributed by atoms with Gasteiger partial charge in [-0.3, -0.25) is 30.6 Å². The van der Waals surface area contributed by atoms with Crippen LogP contribution in [-0.2, 0) is 4.79 Å². The van der Waals surface area contributed by atoms with E-state index in [4.69, 9.17) is 12.2 Å². The summed E-state index contributed by atoms with van der Waals surface area (Å²) >= 11 is 4.94. The van der Waals surface area contributed by atoms with Gasteiger partial charge in [-0.2, -0.15) is 0 Å². The van der Waals surface area contributed by atoms with Crippen LogP contribution in [0.1, 0.15) is 16.8 Å². The van der Waals surface area contributed by atoms with E-state index in [1.54, 1.807) is 6.07 Å². The maximum absolute atomic E-state index is 13.5. The van der Waals surface area contributed by atoms with Gasteiger partial charge in [0.15, 0.2) is 5.11 Å². The summed E-state index contributed by atoms with van der Waals surface area (Å²) in [7, 11) is 0. The third-order valence-electron chi connectivity index (χ3n) is 3.42. The van der Waals surface area contributed by atoms with Gasteiger partial charge in [0.05, 0.1) is 10.6 Å². The van der Waals surface area contributed by atoms with Crippen molar-refractivity contribution in [1.29, 1.82) is 0 Å². The number of halogens is 1. The second-order valence-electron chi connectivity index (χ2n) is 5.42. The van der Waals surface area contributed by atoms with Gasteiger partial charge in [0, 0.05) is 30.7 Å². The molecule has 0 bridgehead atoms. The summed E-state index contributed by atoms with van der Waals surface area (Å²) in [6.45, 7) is 0.0385. The van der Waals surface area contributed by atoms with Crippen LogP contribution in [0.2, 0.25) is 0 Å². The minimum atomic E-state index is -0.565. The topological polar surface area (TPSA) is 125 Å². The number of thiocarbonyl (C=S) groups is 1. The Bertz CT molecular complexity index is 891. The van der Waals surface area contributed by atoms with Gasteiger partial charge >= 0.3 is 0 Å². The van der Waals surface area contributed by atoms with Crippen molar-refractivity contribution in [2.45, 2.75) is 6.42 Å². The molecule has 0 aliphatic heterocycles. The van der Waals surface area contributed by atoms with E-state index < -0.39 is 22.6 Å². The molecule has 0 saturated heterocycles. The predicted octanol–water partition coefficient (Wildman–Crippen LogP) is 1.87. The van der Waals surface area contributed by atoms with E-state index in [1.807, 2.05) is 0 Å². The number of anilines is 1. The zero-order valence-corrected chi connectivity index (χ0v) is 15.2. The van der Waals surface area contributed by atoms with E-state index in [1.165, 1.54) is 42.5 Å². The van der Waals surface area contributed by atoms with Crippen molar-refractivity contribution in [3.05, 3.63) is 70.0 Å². The Balaban J connectivity index is 1.69. The summed E-state index contributed by atoms with van der Waals surface area (Å²) in [5.74, 6) is -1.42. The Labute approximate surface area is 164 Å². The molecule has 0 heterocycles. The lowest BCUT2D eigenvalue weighted by Crippen LogP contribution is -2.44. The number of rotatable bonds is 6. The van der Waals surface area contributed by atoms with E-state index in [9.17, 15) is 24.1 Å². The van der Waals surface area contributed by atoms with Gasteiger partial charge in [0.25, 0.3) is 11.6 Å². The van der Waals surface area contributed by atoms with Crippen LogP contribution in [0.3, 0.4) is 0 Å². The number of nitrogens with zero attached hydrogens (tertiary/aromatic N) is 1. The Morgan fingerprint density at radius 2 is 1.75 bits per heavy atom. The Kier molecular flexibility index (Phi) is 7.34. The fourth-order valence-corrected chi connectivity index (χ4v) is 2.19. The van der Waals surface area contributed by atoms with Gasteiger partial charge < -0.3 is 10.6 Å². The molecule has 2 aromatic rings. The smallest absolute Gasteiger partial charge is 0.269 e. The van der Waals surface area contributed by atoms with Crippen LogP contribution in [0.15, 0.2) is 48.5 Å². The second-order valence-corrected chi connectivity index (χ2v) is 5.83. The van der Waals surface area contributed by atoms with Gasteiger partial charge in [0.1, 0.15) is 5.82 Å². The monoisotopic (exact) mass is 405 g/mol. The zero-order chi connectivity index (χ0) is 20.5. The van der Waals surface area contributed by atoms with Gasteiger partial charge in [-0.1, -0.05) is 12.1 Å². The molecule has 0 atom stereocenters. The molecule has 0 radical (unpaired) electrons. The number of nitro groups is 1. The predicted molar refractivity (Wildman–Crippen MR) is 104 cm³/mol. The number of amides is 2. The van der Waals surface area contributed by atoms with Crippen molar-refractivity contribution < 1.29 is 18.9 Å². The number of benzene rings is 2. The van der Waals surface area contributed by atoms with Gasteiger partial charge in [0.2, 0.25) is 5.91 Å². The molecule has 2 amide bonds. The van der Waals surface area contributed by atoms with Crippen molar-refractivity contribution in [2.24, 2.45) is 0 Å². The number of non-ortho nitro benzene ring substituents is 1. The maximum Gasteiger partial charge on any atom is 0.269 e. The Morgan fingerprint density at radius 3 is 2.39 bits per heavy atom. The van der Waals surface area contributed by atoms with Crippen molar-refractivity contribution in [3.8, 4) is 0 Å². The number of nitro benzene ring substituents is 1. The highest BCUT2D eigenvalue weighted by Crippen LogP contribution is 2.12. The first-order valence-electron chi connectivity index (χ1n) is 8.00. The molecule has 0 saturated carbocycles. The fourth-order valence-electron chi connectivity index (χ4n) is 2.03. The Hall–Kier alpha value is -3.60. The molecule has 2 rings (SSSR count). The lowest BCUT2D eigenvalue weighted by molar-refractivity contribution is -0.384. The van der Waals surface area contributed by atoms with Crippen molar-refractivity contribution in [2.75, 3.05) is 11.9 Å². The molecule has 2 aromatic carbocycles. The lowest BCUT2D eigenvalue weighted by atomic mass is 10.2. The van der Waals surface area contributed by atoms with Crippen LogP contribution in [0.25, 0.3) is 0 Å². The third kappa shape index (κ3) is 6.29. The van der Waals surface area contributed by atoms with Gasteiger partial charge in [-0.25, -0.2) is 4.39 Å². The summed E-state index contributed by atoms with van der Waals surface area (Å²) in [6.07, 6.45) is -0.0476. The summed E-state index contributed by atoms with van der Waals surface area (Å²) in [5.41, 5.74) is 5.01. The SMILES string of the molecule is O=C(CCNC(=O)c1ccc([N+](=O)[O-])cc1)NNC(=S)Nc1ccccc1F. The fraction of sp³-hybridized carbons (Fsp3) is 0.118. The highest BCUT2D eigenvalue weighted by Gasteiger charge is 2.10. The van der Waals surface area contributed by atoms with Crippen molar-refractivity contribution in [3.63, 3.8) is 0 Å². The summed E-state index contributed by atoms with van der Waals surface area (Å²) in [4.78, 5) is 33.7. The van der Waals surface area contributed by atoms with Crippen molar-refractivity contribution >= 4 is 40.5 Å². The van der Waals surface area contributed by atoms with E-state index in [2.05, 4.69) is 21.5 Å². The number of hydrogen-bond donors (Lipinski definition) is 4. The molecule has 4 N–H and O–H groups in total. The van der Waals surface area contributed by atoms with E-state index in [0.29, 0.717) is 0 Å². The molecule has 28 heavy (non-hydrogen) atoms. The maximum atomic E-state index is 13.5. The Morgan fingerprint density at radius 1 is 1.07 bits per heavy atom. The van der Waals surface area contributed by atoms with Crippen molar-refractivity contribution in [1.82, 2.24) is 16.2 Å². The van der Waals surface area contributed by atoms with Gasteiger partial charge in [-0.15, -0.1) is 0 Å². The molecule has 9 nitrogen and oxygen atoms in total. The molecule has 0 aliphatic rings. The highest BCUT2D eigenvalue weighted by atomic mass is 32.1. The first-order valence-corrected chi connectivity index (χ1v) is 8.40. The van der Waals surface area contributed by atoms with Crippen LogP contribution in [0, 0.1) is 15.9 Å². The summed E-state index contributed by atoms with van der Waals surface area (Å²) in [6, 6.07) is 11.0. The van der Waals surface area contributed by atoms with Crippen LogP contribution in [0.5, 0.6) is 0 Å². The largest absolute Gasteiger partial charge is 0.352 e. The average molecular weight is 405 g/mol. The minimum Gasteiger partial charge on any atom is -0.352 e. The molecule has 0 aliphatic carbocycles. The summed E-state index contributed by atoms with van der Waals surface area (Å²) in [5, 5.41) is 15.7. The number of carbonyl (C=O) groups excluding carboxylic acids is 2. The summed E-state index contributed by atoms with van der Waals surface area (Å²) < 4.78 is 13.5. The van der Waals surface area contributed by atoms with Crippen LogP contribution >= 0.6 is 12.2 Å². The normalized spacial score (nSPS) is 9.89. The molecule has 0 fully saturated rings. The number of hydrogen-bond acceptors (Lipinski definition) is 5.